The van der Waals surface area contributed by atoms with E-state index in [0.29, 0.717) is 32.4 Å². The molecule has 4 aromatic rings. The summed E-state index contributed by atoms with van der Waals surface area (Å²) in [5.74, 6) is -0.189. The number of halogens is 1. The van der Waals surface area contributed by atoms with Gasteiger partial charge in [0.05, 0.1) is 17.0 Å². The molecule has 0 saturated carbocycles. The molecule has 0 bridgehead atoms. The molecular weight excluding hydrogens is 413 g/mol. The molecule has 0 saturated heterocycles. The van der Waals surface area contributed by atoms with Crippen LogP contribution < -0.4 is 10.9 Å². The number of thioether (sulfide) groups is 1. The van der Waals surface area contributed by atoms with E-state index in [1.165, 1.54) is 28.0 Å². The molecule has 7 nitrogen and oxygen atoms in total. The van der Waals surface area contributed by atoms with Crippen LogP contribution in [0.15, 0.2) is 45.7 Å². The van der Waals surface area contributed by atoms with E-state index < -0.39 is 0 Å². The zero-order valence-electron chi connectivity index (χ0n) is 15.5. The zero-order chi connectivity index (χ0) is 20.5. The topological polar surface area (TPSA) is 92.7 Å². The fraction of sp³-hybridized carbons (Fsp3) is 0.158. The van der Waals surface area contributed by atoms with Crippen LogP contribution in [0.25, 0.3) is 15.9 Å². The number of benzene rings is 1. The Balaban J connectivity index is 1.69. The van der Waals surface area contributed by atoms with E-state index in [1.807, 2.05) is 6.92 Å². The summed E-state index contributed by atoms with van der Waals surface area (Å²) in [6, 6.07) is 7.69. The maximum atomic E-state index is 13.6. The highest BCUT2D eigenvalue weighted by Crippen LogP contribution is 2.25. The van der Waals surface area contributed by atoms with Crippen molar-refractivity contribution in [3.05, 3.63) is 63.1 Å². The molecule has 0 aliphatic heterocycles. The van der Waals surface area contributed by atoms with Gasteiger partial charge in [-0.2, -0.15) is 5.10 Å². The molecule has 0 aliphatic rings. The van der Waals surface area contributed by atoms with Crippen LogP contribution in [-0.2, 0) is 4.79 Å². The highest BCUT2D eigenvalue weighted by Gasteiger charge is 2.17. The minimum absolute atomic E-state index is 0.0359. The van der Waals surface area contributed by atoms with E-state index in [2.05, 4.69) is 20.5 Å². The number of nitrogens with zero attached hydrogens (tertiary/aromatic N) is 3. The zero-order valence-corrected chi connectivity index (χ0v) is 17.2. The van der Waals surface area contributed by atoms with Crippen LogP contribution in [0, 0.1) is 19.7 Å². The number of fused-ring (bicyclic) bond motifs is 1. The summed E-state index contributed by atoms with van der Waals surface area (Å²) in [5.41, 5.74) is 2.29. The Hall–Kier alpha value is -2.98. The summed E-state index contributed by atoms with van der Waals surface area (Å²) in [4.78, 5) is 30.0. The lowest BCUT2D eigenvalue weighted by molar-refractivity contribution is -0.113. The SMILES string of the molecule is Cc1cc(NC(=O)CSc2nc3ccsc3c(=O)n2-c2ccc(F)cc2C)n[nH]1. The van der Waals surface area contributed by atoms with E-state index in [-0.39, 0.29) is 23.0 Å². The summed E-state index contributed by atoms with van der Waals surface area (Å²) in [5, 5.41) is 11.6. The smallest absolute Gasteiger partial charge is 0.276 e. The number of carbonyl (C=O) groups excluding carboxylic acids is 1. The van der Waals surface area contributed by atoms with Gasteiger partial charge in [-0.15, -0.1) is 11.3 Å². The Kier molecular flexibility index (Phi) is 5.20. The molecule has 0 unspecified atom stereocenters. The third-order valence-electron chi connectivity index (χ3n) is 4.15. The first-order chi connectivity index (χ1) is 13.9. The number of H-pyrrole nitrogens is 1. The van der Waals surface area contributed by atoms with Crippen LogP contribution in [0.4, 0.5) is 10.2 Å². The van der Waals surface area contributed by atoms with Crippen molar-refractivity contribution in [2.24, 2.45) is 0 Å². The molecular formula is C19H16FN5O2S2. The number of thiophene rings is 1. The average molecular weight is 430 g/mol. The third-order valence-corrected chi connectivity index (χ3v) is 5.98. The highest BCUT2D eigenvalue weighted by molar-refractivity contribution is 7.99. The number of nitrogens with one attached hydrogen (secondary N) is 2. The van der Waals surface area contributed by atoms with Crippen molar-refractivity contribution in [1.82, 2.24) is 19.7 Å². The summed E-state index contributed by atoms with van der Waals surface area (Å²) in [6.45, 7) is 3.56. The average Bonchev–Trinajstić information content (AvgIpc) is 3.30. The lowest BCUT2D eigenvalue weighted by atomic mass is 10.2. The Bertz CT molecular complexity index is 1280. The number of hydrogen-bond donors (Lipinski definition) is 2. The molecule has 0 radical (unpaired) electrons. The number of anilines is 1. The van der Waals surface area contributed by atoms with E-state index in [9.17, 15) is 14.0 Å². The second-order valence-corrected chi connectivity index (χ2v) is 8.23. The van der Waals surface area contributed by atoms with Crippen molar-refractivity contribution >= 4 is 45.0 Å². The van der Waals surface area contributed by atoms with Crippen LogP contribution in [-0.4, -0.2) is 31.4 Å². The summed E-state index contributed by atoms with van der Waals surface area (Å²) >= 11 is 2.43. The maximum Gasteiger partial charge on any atom is 0.276 e. The van der Waals surface area contributed by atoms with Gasteiger partial charge in [-0.25, -0.2) is 9.37 Å². The van der Waals surface area contributed by atoms with Crippen molar-refractivity contribution in [2.45, 2.75) is 19.0 Å². The van der Waals surface area contributed by atoms with Crippen molar-refractivity contribution in [3.63, 3.8) is 0 Å². The van der Waals surface area contributed by atoms with Crippen LogP contribution >= 0.6 is 23.1 Å². The van der Waals surface area contributed by atoms with Gasteiger partial charge in [0.1, 0.15) is 10.5 Å². The van der Waals surface area contributed by atoms with Crippen LogP contribution in [0.1, 0.15) is 11.3 Å². The van der Waals surface area contributed by atoms with Gasteiger partial charge in [-0.05, 0) is 49.1 Å². The highest BCUT2D eigenvalue weighted by atomic mass is 32.2. The first-order valence-electron chi connectivity index (χ1n) is 8.64. The summed E-state index contributed by atoms with van der Waals surface area (Å²) in [6.07, 6.45) is 0. The first-order valence-corrected chi connectivity index (χ1v) is 10.5. The minimum atomic E-state index is -0.382. The molecule has 0 atom stereocenters. The second kappa shape index (κ2) is 7.80. The number of aromatic amines is 1. The molecule has 0 spiro atoms. The Labute approximate surface area is 173 Å². The molecule has 2 N–H and O–H groups in total. The van der Waals surface area contributed by atoms with Gasteiger partial charge in [0, 0.05) is 11.8 Å². The maximum absolute atomic E-state index is 13.6. The van der Waals surface area contributed by atoms with Gasteiger partial charge in [0.25, 0.3) is 5.56 Å². The number of aryl methyl sites for hydroxylation is 2. The molecule has 148 valence electrons. The minimum Gasteiger partial charge on any atom is -0.308 e. The molecule has 1 aromatic carbocycles. The standard InChI is InChI=1S/C19H16FN5O2S2/c1-10-7-12(20)3-4-14(10)25-18(27)17-13(5-6-28-17)21-19(25)29-9-16(26)22-15-8-11(2)23-24-15/h3-8H,9H2,1-2H3,(H2,22,23,24,26). The predicted molar refractivity (Wildman–Crippen MR) is 113 cm³/mol. The molecule has 10 heteroatoms. The lowest BCUT2D eigenvalue weighted by Gasteiger charge is -2.14. The molecule has 3 aromatic heterocycles. The van der Waals surface area contributed by atoms with E-state index in [1.54, 1.807) is 30.5 Å². The Morgan fingerprint density at radius 1 is 1.31 bits per heavy atom. The number of aromatic nitrogens is 4. The number of amides is 1. The normalized spacial score (nSPS) is 11.1. The van der Waals surface area contributed by atoms with Gasteiger partial charge >= 0.3 is 0 Å². The van der Waals surface area contributed by atoms with Gasteiger partial charge in [0.2, 0.25) is 5.91 Å². The monoisotopic (exact) mass is 429 g/mol. The molecule has 0 fully saturated rings. The van der Waals surface area contributed by atoms with Crippen molar-refractivity contribution in [1.29, 1.82) is 0 Å². The number of hydrogen-bond acceptors (Lipinski definition) is 6. The van der Waals surface area contributed by atoms with Crippen LogP contribution in [0.2, 0.25) is 0 Å². The van der Waals surface area contributed by atoms with Gasteiger partial charge < -0.3 is 5.32 Å². The van der Waals surface area contributed by atoms with Gasteiger partial charge in [-0.3, -0.25) is 19.3 Å². The Morgan fingerprint density at radius 2 is 2.14 bits per heavy atom. The van der Waals surface area contributed by atoms with Crippen LogP contribution in [0.5, 0.6) is 0 Å². The van der Waals surface area contributed by atoms with Gasteiger partial charge in [0.15, 0.2) is 11.0 Å². The van der Waals surface area contributed by atoms with E-state index >= 15 is 0 Å². The fourth-order valence-corrected chi connectivity index (χ4v) is 4.43. The van der Waals surface area contributed by atoms with Crippen molar-refractivity contribution < 1.29 is 9.18 Å². The lowest BCUT2D eigenvalue weighted by Crippen LogP contribution is -2.23. The summed E-state index contributed by atoms with van der Waals surface area (Å²) in [7, 11) is 0. The van der Waals surface area contributed by atoms with Crippen molar-refractivity contribution in [3.8, 4) is 5.69 Å². The van der Waals surface area contributed by atoms with Gasteiger partial charge in [-0.1, -0.05) is 11.8 Å². The van der Waals surface area contributed by atoms with E-state index in [0.717, 1.165) is 17.5 Å². The Morgan fingerprint density at radius 3 is 2.86 bits per heavy atom. The van der Waals surface area contributed by atoms with Crippen LogP contribution in [0.3, 0.4) is 0 Å². The predicted octanol–water partition coefficient (Wildman–Crippen LogP) is 3.66. The molecule has 29 heavy (non-hydrogen) atoms. The van der Waals surface area contributed by atoms with E-state index in [4.69, 9.17) is 0 Å². The molecule has 4 rings (SSSR count). The second-order valence-electron chi connectivity index (χ2n) is 6.37. The number of rotatable bonds is 5. The quantitative estimate of drug-likeness (QED) is 0.373. The molecule has 0 aliphatic carbocycles. The first kappa shape index (κ1) is 19.3. The molecule has 3 heterocycles. The third kappa shape index (κ3) is 3.94. The fourth-order valence-electron chi connectivity index (χ4n) is 2.86. The number of carbonyl (C=O) groups is 1. The largest absolute Gasteiger partial charge is 0.308 e. The van der Waals surface area contributed by atoms with Crippen molar-refractivity contribution in [2.75, 3.05) is 11.1 Å². The summed E-state index contributed by atoms with van der Waals surface area (Å²) < 4.78 is 15.5. The molecule has 1 amide bonds.